The molecule has 8 nitrogen and oxygen atoms in total. The molecule has 5 rings (SSSR count). The van der Waals surface area contributed by atoms with Gasteiger partial charge >= 0.3 is 0 Å². The average Bonchev–Trinajstić information content (AvgIpc) is 3.07. The normalized spacial score (nSPS) is 20.4. The molecule has 0 radical (unpaired) electrons. The third-order valence-electron chi connectivity index (χ3n) is 9.17. The lowest BCUT2D eigenvalue weighted by atomic mass is 9.90. The van der Waals surface area contributed by atoms with Gasteiger partial charge in [-0.15, -0.1) is 11.8 Å². The van der Waals surface area contributed by atoms with Crippen LogP contribution in [0.25, 0.3) is 0 Å². The van der Waals surface area contributed by atoms with Gasteiger partial charge in [0, 0.05) is 56.3 Å². The number of piperazine rings is 1. The van der Waals surface area contributed by atoms with Crippen LogP contribution in [-0.4, -0.2) is 96.4 Å². The van der Waals surface area contributed by atoms with Crippen molar-refractivity contribution >= 4 is 23.7 Å². The predicted molar refractivity (Wildman–Crippen MR) is 182 cm³/mol. The summed E-state index contributed by atoms with van der Waals surface area (Å²) in [7, 11) is 7.01. The Bertz CT molecular complexity index is 1430. The van der Waals surface area contributed by atoms with Gasteiger partial charge in [0.15, 0.2) is 11.5 Å². The Morgan fingerprint density at radius 1 is 0.822 bits per heavy atom. The highest BCUT2D eigenvalue weighted by atomic mass is 32.2. The quantitative estimate of drug-likeness (QED) is 0.163. The van der Waals surface area contributed by atoms with E-state index < -0.39 is 4.75 Å². The van der Waals surface area contributed by atoms with Crippen molar-refractivity contribution < 1.29 is 23.7 Å². The first-order valence-corrected chi connectivity index (χ1v) is 16.7. The molecule has 2 unspecified atom stereocenters. The van der Waals surface area contributed by atoms with Crippen molar-refractivity contribution in [1.29, 1.82) is 0 Å². The van der Waals surface area contributed by atoms with E-state index in [4.69, 9.17) is 18.9 Å². The molecule has 2 aliphatic rings. The zero-order valence-corrected chi connectivity index (χ0v) is 28.1. The van der Waals surface area contributed by atoms with Crippen LogP contribution in [0.3, 0.4) is 0 Å². The summed E-state index contributed by atoms with van der Waals surface area (Å²) < 4.78 is 22.5. The number of carbonyl (C=O) groups is 1. The average molecular weight is 634 g/mol. The van der Waals surface area contributed by atoms with Crippen molar-refractivity contribution in [2.24, 2.45) is 0 Å². The van der Waals surface area contributed by atoms with Gasteiger partial charge in [-0.1, -0.05) is 30.3 Å². The maximum Gasteiger partial charge on any atom is 0.164 e. The van der Waals surface area contributed by atoms with Crippen LogP contribution in [0.1, 0.15) is 30.9 Å². The molecular formula is C36H47N3O5S. The van der Waals surface area contributed by atoms with Crippen molar-refractivity contribution in [2.75, 3.05) is 79.2 Å². The molecule has 0 aromatic heterocycles. The number of nitrogens with zero attached hydrogens (tertiary/aromatic N) is 3. The molecular weight excluding hydrogens is 586 g/mol. The zero-order chi connectivity index (χ0) is 31.8. The van der Waals surface area contributed by atoms with Crippen molar-refractivity contribution in [3.8, 4) is 23.0 Å². The summed E-state index contributed by atoms with van der Waals surface area (Å²) in [5.74, 6) is 3.12. The Labute approximate surface area is 272 Å². The lowest BCUT2D eigenvalue weighted by Crippen LogP contribution is -2.49. The highest BCUT2D eigenvalue weighted by Crippen LogP contribution is 2.54. The van der Waals surface area contributed by atoms with Gasteiger partial charge in [-0.25, -0.2) is 0 Å². The monoisotopic (exact) mass is 633 g/mol. The number of likely N-dealkylation sites (N-methyl/N-ethyl adjacent to an activating group) is 1. The van der Waals surface area contributed by atoms with Gasteiger partial charge in [0.1, 0.15) is 23.8 Å². The Morgan fingerprint density at radius 2 is 1.47 bits per heavy atom. The fraction of sp³-hybridized carbons (Fsp3) is 0.472. The Morgan fingerprint density at radius 3 is 2.18 bits per heavy atom. The minimum Gasteiger partial charge on any atom is -0.496 e. The maximum absolute atomic E-state index is 12.4. The van der Waals surface area contributed by atoms with Gasteiger partial charge in [-0.2, -0.15) is 0 Å². The van der Waals surface area contributed by atoms with Gasteiger partial charge in [-0.3, -0.25) is 0 Å². The van der Waals surface area contributed by atoms with Crippen molar-refractivity contribution in [3.63, 3.8) is 0 Å². The Kier molecular flexibility index (Phi) is 11.2. The summed E-state index contributed by atoms with van der Waals surface area (Å²) >= 11 is 1.75. The molecule has 0 bridgehead atoms. The summed E-state index contributed by atoms with van der Waals surface area (Å²) in [5.41, 5.74) is 3.29. The smallest absolute Gasteiger partial charge is 0.164 e. The van der Waals surface area contributed by atoms with E-state index in [1.807, 2.05) is 43.4 Å². The lowest BCUT2D eigenvalue weighted by Gasteiger charge is -2.46. The molecule has 2 atom stereocenters. The number of fused-ring (bicyclic) bond motifs is 1. The van der Waals surface area contributed by atoms with Crippen LogP contribution in [0.2, 0.25) is 0 Å². The molecule has 0 saturated carbocycles. The molecule has 0 N–H and O–H groups in total. The van der Waals surface area contributed by atoms with Crippen LogP contribution in [0.4, 0.5) is 5.69 Å². The van der Waals surface area contributed by atoms with E-state index in [2.05, 4.69) is 45.9 Å². The molecule has 0 amide bonds. The number of unbranched alkanes of at least 4 members (excludes halogenated alkanes) is 1. The number of hydrogen-bond acceptors (Lipinski definition) is 9. The van der Waals surface area contributed by atoms with E-state index in [0.29, 0.717) is 12.4 Å². The first-order valence-electron chi connectivity index (χ1n) is 15.8. The molecule has 2 aliphatic heterocycles. The number of thioether (sulfide) groups is 1. The zero-order valence-electron chi connectivity index (χ0n) is 27.3. The van der Waals surface area contributed by atoms with Gasteiger partial charge in [0.2, 0.25) is 0 Å². The molecule has 1 fully saturated rings. The number of hydrogen-bond donors (Lipinski definition) is 0. The minimum absolute atomic E-state index is 0.304. The van der Waals surface area contributed by atoms with E-state index in [-0.39, 0.29) is 6.04 Å². The fourth-order valence-electron chi connectivity index (χ4n) is 6.50. The van der Waals surface area contributed by atoms with Crippen LogP contribution < -0.4 is 23.8 Å². The maximum atomic E-state index is 12.4. The third-order valence-corrected chi connectivity index (χ3v) is 10.6. The summed E-state index contributed by atoms with van der Waals surface area (Å²) in [6.45, 7) is 9.14. The second kappa shape index (κ2) is 15.3. The van der Waals surface area contributed by atoms with Crippen molar-refractivity contribution in [1.82, 2.24) is 9.80 Å². The lowest BCUT2D eigenvalue weighted by molar-refractivity contribution is -0.109. The third kappa shape index (κ3) is 7.37. The van der Waals surface area contributed by atoms with Crippen LogP contribution in [0.5, 0.6) is 23.0 Å². The van der Waals surface area contributed by atoms with E-state index in [1.165, 1.54) is 4.90 Å². The molecule has 9 heteroatoms. The number of methoxy groups -OCH3 is 3. The number of ether oxygens (including phenoxy) is 4. The Balaban J connectivity index is 1.08. The summed E-state index contributed by atoms with van der Waals surface area (Å²) in [4.78, 5) is 20.8. The topological polar surface area (TPSA) is 63.7 Å². The largest absolute Gasteiger partial charge is 0.496 e. The summed E-state index contributed by atoms with van der Waals surface area (Å²) in [5, 5.41) is 0. The Hall–Kier alpha value is -3.40. The number of para-hydroxylation sites is 2. The number of anilines is 1. The van der Waals surface area contributed by atoms with Gasteiger partial charge < -0.3 is 38.4 Å². The number of rotatable bonds is 14. The predicted octanol–water partition coefficient (Wildman–Crippen LogP) is 5.76. The number of carbonyl (C=O) groups excluding carboxylic acids is 1. The van der Waals surface area contributed by atoms with Crippen LogP contribution in [-0.2, 0) is 16.0 Å². The second-order valence-corrected chi connectivity index (χ2v) is 13.4. The highest BCUT2D eigenvalue weighted by molar-refractivity contribution is 8.00. The SMILES string of the molecule is COc1cc(OC)c(OC)cc1CCN1CCN(CCCCOc2ccccc2C2(C)Sc3ccccc3N(C)C2C=O)CC1. The first kappa shape index (κ1) is 33.0. The standard InChI is InChI=1S/C36H47N3O5S/c1-36(35(26-40)37(2)29-13-7-9-15-34(29)45-36)28-12-6-8-14-30(28)44-23-11-10-17-38-19-21-39(22-20-38)18-16-27-24-32(42-4)33(43-5)25-31(27)41-3/h6-9,12-15,24-26,35H,10-11,16-23H2,1-5H3. The van der Waals surface area contributed by atoms with Gasteiger partial charge in [0.25, 0.3) is 0 Å². The summed E-state index contributed by atoms with van der Waals surface area (Å²) in [6.07, 6.45) is 4.05. The molecule has 45 heavy (non-hydrogen) atoms. The summed E-state index contributed by atoms with van der Waals surface area (Å²) in [6, 6.07) is 20.1. The first-order chi connectivity index (χ1) is 21.9. The van der Waals surface area contributed by atoms with E-state index >= 15 is 0 Å². The molecule has 3 aromatic rings. The van der Waals surface area contributed by atoms with Crippen LogP contribution >= 0.6 is 11.8 Å². The van der Waals surface area contributed by atoms with Crippen LogP contribution in [0.15, 0.2) is 65.6 Å². The van der Waals surface area contributed by atoms with Gasteiger partial charge in [0.05, 0.1) is 38.4 Å². The van der Waals surface area contributed by atoms with Crippen molar-refractivity contribution in [3.05, 3.63) is 71.8 Å². The van der Waals surface area contributed by atoms with Gasteiger partial charge in [-0.05, 0) is 62.6 Å². The number of aldehydes is 1. The second-order valence-electron chi connectivity index (χ2n) is 11.9. The number of benzene rings is 3. The van der Waals surface area contributed by atoms with Crippen LogP contribution in [0, 0.1) is 0 Å². The molecule has 1 saturated heterocycles. The fourth-order valence-corrected chi connectivity index (χ4v) is 8.04. The minimum atomic E-state index is -0.467. The molecule has 0 aliphatic carbocycles. The molecule has 3 aromatic carbocycles. The molecule has 2 heterocycles. The van der Waals surface area contributed by atoms with Crippen molar-refractivity contribution in [2.45, 2.75) is 41.9 Å². The molecule has 0 spiro atoms. The van der Waals surface area contributed by atoms with E-state index in [1.54, 1.807) is 33.1 Å². The highest BCUT2D eigenvalue weighted by Gasteiger charge is 2.45. The molecule has 242 valence electrons. The van der Waals surface area contributed by atoms with E-state index in [0.717, 1.165) is 98.9 Å². The van der Waals surface area contributed by atoms with E-state index in [9.17, 15) is 4.79 Å².